The second-order valence-corrected chi connectivity index (χ2v) is 6.42. The number of rotatable bonds is 2. The molecule has 3 aromatic rings. The highest BCUT2D eigenvalue weighted by atomic mass is 32.2. The van der Waals surface area contributed by atoms with Crippen LogP contribution in [0.1, 0.15) is 21.5 Å². The lowest BCUT2D eigenvalue weighted by Gasteiger charge is -2.08. The summed E-state index contributed by atoms with van der Waals surface area (Å²) in [5.41, 5.74) is 5.70. The molecule has 3 aromatic carbocycles. The Morgan fingerprint density at radius 2 is 1.50 bits per heavy atom. The van der Waals surface area contributed by atoms with Crippen molar-refractivity contribution in [1.82, 2.24) is 0 Å². The molecule has 0 spiro atoms. The average molecular weight is 302 g/mol. The number of carbonyl (C=O) groups excluding carboxylic acids is 1. The van der Waals surface area contributed by atoms with Gasteiger partial charge in [-0.15, -0.1) is 0 Å². The quantitative estimate of drug-likeness (QED) is 0.474. The van der Waals surface area contributed by atoms with Gasteiger partial charge in [0.15, 0.2) is 0 Å². The molecule has 2 heteroatoms. The summed E-state index contributed by atoms with van der Waals surface area (Å²) < 4.78 is 0. The normalized spacial score (nSPS) is 11.8. The third-order valence-electron chi connectivity index (χ3n) is 3.99. The standard InChI is InChI=1S/C20H14OS/c21-20(22-16-9-2-1-3-10-16)18-12-6-8-15-13-14-7-4-5-11-17(14)19(15)18/h1-12H,13H2. The van der Waals surface area contributed by atoms with Crippen molar-refractivity contribution in [2.24, 2.45) is 0 Å². The average Bonchev–Trinajstić information content (AvgIpc) is 2.94. The molecule has 0 N–H and O–H groups in total. The highest BCUT2D eigenvalue weighted by molar-refractivity contribution is 8.14. The summed E-state index contributed by atoms with van der Waals surface area (Å²) in [6, 6.07) is 24.2. The summed E-state index contributed by atoms with van der Waals surface area (Å²) in [5.74, 6) is 0. The van der Waals surface area contributed by atoms with Crippen molar-refractivity contribution in [3.63, 3.8) is 0 Å². The number of benzene rings is 3. The summed E-state index contributed by atoms with van der Waals surface area (Å²) in [6.07, 6.45) is 0.919. The van der Waals surface area contributed by atoms with E-state index in [9.17, 15) is 4.79 Å². The molecule has 0 aromatic heterocycles. The van der Waals surface area contributed by atoms with Gasteiger partial charge in [-0.1, -0.05) is 54.6 Å². The van der Waals surface area contributed by atoms with E-state index >= 15 is 0 Å². The smallest absolute Gasteiger partial charge is 0.224 e. The number of hydrogen-bond donors (Lipinski definition) is 0. The molecule has 1 nitrogen and oxygen atoms in total. The van der Waals surface area contributed by atoms with E-state index in [-0.39, 0.29) is 5.12 Å². The first-order valence-electron chi connectivity index (χ1n) is 7.30. The van der Waals surface area contributed by atoms with Crippen molar-refractivity contribution >= 4 is 16.9 Å². The van der Waals surface area contributed by atoms with Crippen LogP contribution in [0, 0.1) is 0 Å². The third kappa shape index (κ3) is 2.26. The van der Waals surface area contributed by atoms with Crippen molar-refractivity contribution in [2.45, 2.75) is 11.3 Å². The van der Waals surface area contributed by atoms with E-state index < -0.39 is 0 Å². The molecule has 0 bridgehead atoms. The predicted octanol–water partition coefficient (Wildman–Crippen LogP) is 5.19. The Balaban J connectivity index is 1.76. The van der Waals surface area contributed by atoms with Crippen LogP contribution >= 0.6 is 11.8 Å². The number of fused-ring (bicyclic) bond motifs is 3. The molecular weight excluding hydrogens is 288 g/mol. The first-order valence-corrected chi connectivity index (χ1v) is 8.12. The van der Waals surface area contributed by atoms with Gasteiger partial charge in [-0.05, 0) is 58.6 Å². The molecular formula is C20H14OS. The van der Waals surface area contributed by atoms with Gasteiger partial charge in [-0.3, -0.25) is 4.79 Å². The van der Waals surface area contributed by atoms with Crippen LogP contribution in [-0.2, 0) is 6.42 Å². The lowest BCUT2D eigenvalue weighted by molar-refractivity contribution is 0.108. The first kappa shape index (κ1) is 13.4. The fourth-order valence-corrected chi connectivity index (χ4v) is 3.80. The van der Waals surface area contributed by atoms with Crippen molar-refractivity contribution < 1.29 is 4.79 Å². The van der Waals surface area contributed by atoms with Crippen LogP contribution in [0.25, 0.3) is 11.1 Å². The third-order valence-corrected chi connectivity index (χ3v) is 4.91. The maximum absolute atomic E-state index is 12.7. The Hall–Kier alpha value is -2.32. The van der Waals surface area contributed by atoms with Gasteiger partial charge in [0.05, 0.1) is 0 Å². The van der Waals surface area contributed by atoms with Gasteiger partial charge in [0.25, 0.3) is 0 Å². The molecule has 0 radical (unpaired) electrons. The van der Waals surface area contributed by atoms with Crippen LogP contribution in [0.4, 0.5) is 0 Å². The number of thioether (sulfide) groups is 1. The van der Waals surface area contributed by atoms with E-state index in [1.165, 1.54) is 28.5 Å². The van der Waals surface area contributed by atoms with Gasteiger partial charge in [-0.2, -0.15) is 0 Å². The molecule has 0 heterocycles. The molecule has 1 aliphatic rings. The van der Waals surface area contributed by atoms with Gasteiger partial charge in [0.1, 0.15) is 0 Å². The number of hydrogen-bond acceptors (Lipinski definition) is 2. The topological polar surface area (TPSA) is 17.1 Å². The van der Waals surface area contributed by atoms with Crippen molar-refractivity contribution in [3.05, 3.63) is 89.5 Å². The molecule has 0 fully saturated rings. The van der Waals surface area contributed by atoms with Crippen LogP contribution in [0.15, 0.2) is 77.7 Å². The predicted molar refractivity (Wildman–Crippen MR) is 91.3 cm³/mol. The maximum Gasteiger partial charge on any atom is 0.224 e. The molecule has 0 unspecified atom stereocenters. The first-order chi connectivity index (χ1) is 10.8. The van der Waals surface area contributed by atoms with Crippen LogP contribution in [0.2, 0.25) is 0 Å². The minimum Gasteiger partial charge on any atom is -0.281 e. The second kappa shape index (κ2) is 5.47. The van der Waals surface area contributed by atoms with Crippen molar-refractivity contribution in [2.75, 3.05) is 0 Å². The summed E-state index contributed by atoms with van der Waals surface area (Å²) in [6.45, 7) is 0. The highest BCUT2D eigenvalue weighted by Gasteiger charge is 2.23. The van der Waals surface area contributed by atoms with Gasteiger partial charge in [-0.25, -0.2) is 0 Å². The Kier molecular flexibility index (Phi) is 3.32. The Bertz CT molecular complexity index is 853. The molecule has 106 valence electrons. The minimum atomic E-state index is 0.111. The molecule has 0 saturated heterocycles. The molecule has 4 rings (SSSR count). The second-order valence-electron chi connectivity index (χ2n) is 5.38. The molecule has 0 atom stereocenters. The van der Waals surface area contributed by atoms with E-state index in [0.717, 1.165) is 22.4 Å². The lowest BCUT2D eigenvalue weighted by atomic mass is 10.0. The molecule has 0 saturated carbocycles. The van der Waals surface area contributed by atoms with Crippen LogP contribution in [-0.4, -0.2) is 5.12 Å². The van der Waals surface area contributed by atoms with Gasteiger partial charge in [0.2, 0.25) is 5.12 Å². The zero-order valence-electron chi connectivity index (χ0n) is 12.0. The van der Waals surface area contributed by atoms with Crippen molar-refractivity contribution in [1.29, 1.82) is 0 Å². The fraction of sp³-hybridized carbons (Fsp3) is 0.0500. The minimum absolute atomic E-state index is 0.111. The molecule has 0 amide bonds. The van der Waals surface area contributed by atoms with Gasteiger partial charge >= 0.3 is 0 Å². The molecule has 22 heavy (non-hydrogen) atoms. The summed E-state index contributed by atoms with van der Waals surface area (Å²) in [7, 11) is 0. The van der Waals surface area contributed by atoms with Crippen LogP contribution in [0.3, 0.4) is 0 Å². The SMILES string of the molecule is O=C(Sc1ccccc1)c1cccc2c1-c1ccccc1C2. The zero-order valence-corrected chi connectivity index (χ0v) is 12.8. The van der Waals surface area contributed by atoms with Gasteiger partial charge < -0.3 is 0 Å². The molecule has 1 aliphatic carbocycles. The maximum atomic E-state index is 12.7. The van der Waals surface area contributed by atoms with E-state index in [2.05, 4.69) is 24.3 Å². The van der Waals surface area contributed by atoms with E-state index in [4.69, 9.17) is 0 Å². The largest absolute Gasteiger partial charge is 0.281 e. The van der Waals surface area contributed by atoms with Crippen LogP contribution in [0.5, 0.6) is 0 Å². The highest BCUT2D eigenvalue weighted by Crippen LogP contribution is 2.40. The summed E-state index contributed by atoms with van der Waals surface area (Å²) in [4.78, 5) is 13.7. The monoisotopic (exact) mass is 302 g/mol. The van der Waals surface area contributed by atoms with Gasteiger partial charge in [0, 0.05) is 10.5 Å². The van der Waals surface area contributed by atoms with Crippen LogP contribution < -0.4 is 0 Å². The molecule has 0 aliphatic heterocycles. The Morgan fingerprint density at radius 3 is 2.36 bits per heavy atom. The zero-order chi connectivity index (χ0) is 14.9. The fourth-order valence-electron chi connectivity index (χ4n) is 3.01. The van der Waals surface area contributed by atoms with Crippen molar-refractivity contribution in [3.8, 4) is 11.1 Å². The van der Waals surface area contributed by atoms with E-state index in [0.29, 0.717) is 0 Å². The number of carbonyl (C=O) groups is 1. The Labute approximate surface area is 134 Å². The summed E-state index contributed by atoms with van der Waals surface area (Å²) >= 11 is 1.30. The summed E-state index contributed by atoms with van der Waals surface area (Å²) in [5, 5.41) is 0.111. The lowest BCUT2D eigenvalue weighted by Crippen LogP contribution is -1.97. The van der Waals surface area contributed by atoms with E-state index in [1.807, 2.05) is 48.5 Å². The van der Waals surface area contributed by atoms with E-state index in [1.54, 1.807) is 0 Å². The Morgan fingerprint density at radius 1 is 0.773 bits per heavy atom.